The minimum absolute atomic E-state index is 0.000903. The smallest absolute Gasteiger partial charge is 0.243 e. The summed E-state index contributed by atoms with van der Waals surface area (Å²) in [5.41, 5.74) is -0.767. The third-order valence-corrected chi connectivity index (χ3v) is 4.44. The third kappa shape index (κ3) is 2.88. The number of aromatic amines is 1. The first-order valence-corrected chi connectivity index (χ1v) is 7.34. The Hall–Kier alpha value is -1.18. The molecule has 8 heteroatoms. The third-order valence-electron chi connectivity index (χ3n) is 2.49. The van der Waals surface area contributed by atoms with E-state index in [2.05, 4.69) is 14.7 Å². The highest BCUT2D eigenvalue weighted by Gasteiger charge is 2.28. The Balaban J connectivity index is 2.52. The molecule has 0 radical (unpaired) electrons. The Labute approximate surface area is 115 Å². The van der Waals surface area contributed by atoms with Gasteiger partial charge in [-0.15, -0.1) is 0 Å². The first-order chi connectivity index (χ1) is 8.75. The van der Waals surface area contributed by atoms with E-state index < -0.39 is 22.2 Å². The summed E-state index contributed by atoms with van der Waals surface area (Å²) in [7, 11) is -3.85. The molecule has 0 saturated heterocycles. The predicted octanol–water partition coefficient (Wildman–Crippen LogP) is 2.24. The van der Waals surface area contributed by atoms with E-state index in [0.29, 0.717) is 16.1 Å². The highest BCUT2D eigenvalue weighted by molar-refractivity contribution is 7.89. The van der Waals surface area contributed by atoms with Crippen molar-refractivity contribution in [3.05, 3.63) is 23.5 Å². The van der Waals surface area contributed by atoms with Gasteiger partial charge in [-0.2, -0.15) is 0 Å². The van der Waals surface area contributed by atoms with Gasteiger partial charge in [-0.1, -0.05) is 11.6 Å². The lowest BCUT2D eigenvalue weighted by molar-refractivity contribution is 0.326. The molecule has 0 fully saturated rings. The maximum absolute atomic E-state index is 12.8. The highest BCUT2D eigenvalue weighted by atomic mass is 35.5. The molecule has 104 valence electrons. The van der Waals surface area contributed by atoms with Crippen molar-refractivity contribution in [2.45, 2.75) is 24.3 Å². The molecule has 5 nitrogen and oxygen atoms in total. The fraction of sp³-hybridized carbons (Fsp3) is 0.364. The van der Waals surface area contributed by atoms with E-state index in [-0.39, 0.29) is 4.90 Å². The van der Waals surface area contributed by atoms with Crippen LogP contribution in [0, 0.1) is 0 Å². The predicted molar refractivity (Wildman–Crippen MR) is 71.5 cm³/mol. The molecule has 0 aliphatic heterocycles. The lowest BCUT2D eigenvalue weighted by Crippen LogP contribution is -2.44. The zero-order valence-electron chi connectivity index (χ0n) is 10.4. The van der Waals surface area contributed by atoms with Crippen LogP contribution in [0.2, 0.25) is 5.02 Å². The molecule has 0 unspecified atom stereocenters. The summed E-state index contributed by atoms with van der Waals surface area (Å²) < 4.78 is 39.5. The lowest BCUT2D eigenvalue weighted by Gasteiger charge is -2.21. The van der Waals surface area contributed by atoms with Gasteiger partial charge in [-0.3, -0.25) is 0 Å². The number of aromatic nitrogens is 2. The largest absolute Gasteiger partial charge is 0.345 e. The summed E-state index contributed by atoms with van der Waals surface area (Å²) in [5, 5.41) is 0.697. The van der Waals surface area contributed by atoms with Gasteiger partial charge in [0.05, 0.1) is 10.6 Å². The maximum atomic E-state index is 12.8. The first kappa shape index (κ1) is 14.2. The molecule has 19 heavy (non-hydrogen) atoms. The molecule has 0 aliphatic carbocycles. The number of H-pyrrole nitrogens is 1. The van der Waals surface area contributed by atoms with Gasteiger partial charge in [0, 0.05) is 17.8 Å². The molecule has 0 aromatic carbocycles. The van der Waals surface area contributed by atoms with Crippen LogP contribution in [0.4, 0.5) is 4.39 Å². The van der Waals surface area contributed by atoms with E-state index in [9.17, 15) is 12.8 Å². The zero-order chi connectivity index (χ0) is 14.3. The van der Waals surface area contributed by atoms with Gasteiger partial charge in [0.2, 0.25) is 10.0 Å². The Morgan fingerprint density at radius 3 is 2.84 bits per heavy atom. The first-order valence-electron chi connectivity index (χ1n) is 5.48. The van der Waals surface area contributed by atoms with Crippen LogP contribution < -0.4 is 4.72 Å². The topological polar surface area (TPSA) is 74.8 Å². The summed E-state index contributed by atoms with van der Waals surface area (Å²) in [4.78, 5) is 6.72. The molecular formula is C11H13ClFN3O2S. The molecule has 2 rings (SSSR count). The van der Waals surface area contributed by atoms with Crippen LogP contribution >= 0.6 is 11.6 Å². The number of hydrogen-bond donors (Lipinski definition) is 2. The second-order valence-corrected chi connectivity index (χ2v) is 6.91. The molecule has 2 aromatic rings. The highest BCUT2D eigenvalue weighted by Crippen LogP contribution is 2.24. The van der Waals surface area contributed by atoms with Crippen LogP contribution in [0.1, 0.15) is 13.8 Å². The number of halogens is 2. The number of pyridine rings is 1. The average Bonchev–Trinajstić information content (AvgIpc) is 2.71. The molecule has 0 atom stereocenters. The van der Waals surface area contributed by atoms with Gasteiger partial charge in [0.15, 0.2) is 0 Å². The Kier molecular flexibility index (Phi) is 3.55. The van der Waals surface area contributed by atoms with Crippen molar-refractivity contribution in [2.24, 2.45) is 0 Å². The minimum atomic E-state index is -3.85. The van der Waals surface area contributed by atoms with Crippen LogP contribution in [0.25, 0.3) is 11.0 Å². The van der Waals surface area contributed by atoms with E-state index in [0.717, 1.165) is 0 Å². The molecule has 0 saturated carbocycles. The van der Waals surface area contributed by atoms with Crippen LogP contribution in [-0.2, 0) is 10.0 Å². The van der Waals surface area contributed by atoms with E-state index >= 15 is 0 Å². The van der Waals surface area contributed by atoms with E-state index in [1.165, 1.54) is 32.3 Å². The minimum Gasteiger partial charge on any atom is -0.345 e. The van der Waals surface area contributed by atoms with Crippen molar-refractivity contribution in [2.75, 3.05) is 6.67 Å². The Morgan fingerprint density at radius 1 is 1.53 bits per heavy atom. The summed E-state index contributed by atoms with van der Waals surface area (Å²) in [6.45, 7) is 2.11. The monoisotopic (exact) mass is 305 g/mol. The summed E-state index contributed by atoms with van der Waals surface area (Å²) in [6.07, 6.45) is 2.72. The molecule has 0 spiro atoms. The number of hydrogen-bond acceptors (Lipinski definition) is 3. The van der Waals surface area contributed by atoms with Crippen molar-refractivity contribution in [3.8, 4) is 0 Å². The van der Waals surface area contributed by atoms with Crippen molar-refractivity contribution in [1.82, 2.24) is 14.7 Å². The number of sulfonamides is 1. The number of alkyl halides is 1. The quantitative estimate of drug-likeness (QED) is 0.909. The van der Waals surface area contributed by atoms with Gasteiger partial charge >= 0.3 is 0 Å². The second-order valence-electron chi connectivity index (χ2n) is 4.83. The van der Waals surface area contributed by atoms with Crippen molar-refractivity contribution < 1.29 is 12.8 Å². The summed E-state index contributed by atoms with van der Waals surface area (Å²) >= 11 is 5.81. The Morgan fingerprint density at radius 2 is 2.21 bits per heavy atom. The van der Waals surface area contributed by atoms with Crippen LogP contribution in [0.5, 0.6) is 0 Å². The molecule has 2 N–H and O–H groups in total. The SMILES string of the molecule is CC(C)(CF)NS(=O)(=O)c1c[nH]c2ncc(Cl)cc12. The van der Waals surface area contributed by atoms with Gasteiger partial charge in [0.25, 0.3) is 0 Å². The van der Waals surface area contributed by atoms with Gasteiger partial charge in [0.1, 0.15) is 17.2 Å². The normalized spacial score (nSPS) is 13.1. The fourth-order valence-corrected chi connectivity index (χ4v) is 3.33. The van der Waals surface area contributed by atoms with Crippen LogP contribution in [0.15, 0.2) is 23.4 Å². The summed E-state index contributed by atoms with van der Waals surface area (Å²) in [6, 6.07) is 1.50. The van der Waals surface area contributed by atoms with Crippen molar-refractivity contribution >= 4 is 32.7 Å². The number of rotatable bonds is 4. The molecule has 0 amide bonds. The molecule has 0 aliphatic rings. The van der Waals surface area contributed by atoms with E-state index in [1.807, 2.05) is 0 Å². The maximum Gasteiger partial charge on any atom is 0.243 e. The number of nitrogens with one attached hydrogen (secondary N) is 2. The van der Waals surface area contributed by atoms with Gasteiger partial charge in [-0.05, 0) is 19.9 Å². The van der Waals surface area contributed by atoms with Gasteiger partial charge < -0.3 is 4.98 Å². The van der Waals surface area contributed by atoms with Gasteiger partial charge in [-0.25, -0.2) is 22.5 Å². The average molecular weight is 306 g/mol. The van der Waals surface area contributed by atoms with E-state index in [4.69, 9.17) is 11.6 Å². The molecule has 2 aromatic heterocycles. The Bertz CT molecular complexity index is 712. The standard InChI is InChI=1S/C11H13ClFN3O2S/c1-11(2,6-13)16-19(17,18)9-5-15-10-8(9)3-7(12)4-14-10/h3-5,16H,6H2,1-2H3,(H,14,15). The summed E-state index contributed by atoms with van der Waals surface area (Å²) in [5.74, 6) is 0. The zero-order valence-corrected chi connectivity index (χ0v) is 11.9. The molecule has 0 bridgehead atoms. The van der Waals surface area contributed by atoms with Crippen LogP contribution in [0.3, 0.4) is 0 Å². The van der Waals surface area contributed by atoms with E-state index in [1.54, 1.807) is 0 Å². The second kappa shape index (κ2) is 4.73. The number of fused-ring (bicyclic) bond motifs is 1. The van der Waals surface area contributed by atoms with Crippen LogP contribution in [-0.4, -0.2) is 30.6 Å². The number of nitrogens with zero attached hydrogens (tertiary/aromatic N) is 1. The van der Waals surface area contributed by atoms with Crippen molar-refractivity contribution in [3.63, 3.8) is 0 Å². The molecular weight excluding hydrogens is 293 g/mol. The van der Waals surface area contributed by atoms with Crippen molar-refractivity contribution in [1.29, 1.82) is 0 Å². The lowest BCUT2D eigenvalue weighted by atomic mass is 10.1. The molecule has 2 heterocycles. The fourth-order valence-electron chi connectivity index (χ4n) is 1.62.